The van der Waals surface area contributed by atoms with E-state index in [0.29, 0.717) is 42.4 Å². The summed E-state index contributed by atoms with van der Waals surface area (Å²) in [5.41, 5.74) is 6.40. The summed E-state index contributed by atoms with van der Waals surface area (Å²) in [6.45, 7) is 3.73. The molecule has 0 spiro atoms. The topological polar surface area (TPSA) is 132 Å². The molecule has 1 unspecified atom stereocenters. The van der Waals surface area contributed by atoms with Crippen molar-refractivity contribution in [1.29, 1.82) is 0 Å². The predicted molar refractivity (Wildman–Crippen MR) is 96.2 cm³/mol. The molecule has 3 aromatic rings. The minimum absolute atomic E-state index is 0.0713. The molecule has 3 N–H and O–H groups in total. The molecule has 0 aliphatic carbocycles. The molecule has 1 atom stereocenters. The van der Waals surface area contributed by atoms with E-state index in [1.807, 2.05) is 11.8 Å². The Morgan fingerprint density at radius 1 is 1.42 bits per heavy atom. The fourth-order valence-corrected chi connectivity index (χ4v) is 4.02. The smallest absolute Gasteiger partial charge is 0.176 e. The van der Waals surface area contributed by atoms with E-state index in [0.717, 1.165) is 6.26 Å². The number of aromatic nitrogens is 5. The van der Waals surface area contributed by atoms with E-state index in [9.17, 15) is 8.42 Å². The number of pyridine rings is 1. The van der Waals surface area contributed by atoms with Crippen LogP contribution in [0.25, 0.3) is 16.9 Å². The van der Waals surface area contributed by atoms with Crippen LogP contribution >= 0.6 is 0 Å². The summed E-state index contributed by atoms with van der Waals surface area (Å²) >= 11 is 0. The monoisotopic (exact) mass is 377 g/mol. The summed E-state index contributed by atoms with van der Waals surface area (Å²) in [4.78, 5) is 6.82. The van der Waals surface area contributed by atoms with Crippen molar-refractivity contribution in [2.75, 3.05) is 36.6 Å². The van der Waals surface area contributed by atoms with Crippen molar-refractivity contribution < 1.29 is 13.2 Å². The van der Waals surface area contributed by atoms with Crippen molar-refractivity contribution in [3.8, 4) is 5.82 Å². The molecule has 0 aromatic carbocycles. The Morgan fingerprint density at radius 2 is 2.23 bits per heavy atom. The predicted octanol–water partition coefficient (Wildman–Crippen LogP) is 0.354. The van der Waals surface area contributed by atoms with Gasteiger partial charge in [-0.05, 0) is 6.92 Å². The maximum absolute atomic E-state index is 12.4. The van der Waals surface area contributed by atoms with Gasteiger partial charge in [-0.1, -0.05) is 0 Å². The number of nitrogens with zero attached hydrogens (tertiary/aromatic N) is 5. The largest absolute Gasteiger partial charge is 0.382 e. The second-order valence-corrected chi connectivity index (χ2v) is 8.29. The Balaban J connectivity index is 2.02. The number of hydrogen-bond acceptors (Lipinski definition) is 8. The van der Waals surface area contributed by atoms with E-state index >= 15 is 0 Å². The highest BCUT2D eigenvalue weighted by Crippen LogP contribution is 2.32. The van der Waals surface area contributed by atoms with E-state index < -0.39 is 9.84 Å². The van der Waals surface area contributed by atoms with E-state index in [-0.39, 0.29) is 16.8 Å². The normalized spacial score (nSPS) is 18.5. The fraction of sp³-hybridized carbons (Fsp3) is 0.400. The number of hydrogen-bond donors (Lipinski definition) is 2. The quantitative estimate of drug-likeness (QED) is 0.668. The Hall–Kier alpha value is -2.66. The first-order chi connectivity index (χ1) is 12.4. The van der Waals surface area contributed by atoms with Gasteiger partial charge in [-0.2, -0.15) is 9.78 Å². The van der Waals surface area contributed by atoms with E-state index in [1.165, 1.54) is 4.68 Å². The van der Waals surface area contributed by atoms with Gasteiger partial charge < -0.3 is 15.4 Å². The second kappa shape index (κ2) is 5.95. The van der Waals surface area contributed by atoms with E-state index in [1.54, 1.807) is 18.3 Å². The molecule has 4 rings (SSSR count). The van der Waals surface area contributed by atoms with Crippen LogP contribution in [-0.2, 0) is 14.6 Å². The highest BCUT2D eigenvalue weighted by atomic mass is 32.2. The third-order valence-corrected chi connectivity index (χ3v) is 5.51. The standard InChI is InChI=1S/C15H19N7O3S/c1-9-8-25-6-5-21(9)12-7-10(26(2,23)24)13-14(16)20-22(15(13)18-12)11-3-4-17-19-11/h3-4,7,9H,5-6,8H2,1-2H3,(H2,16,20)(H,17,19). The summed E-state index contributed by atoms with van der Waals surface area (Å²) in [5.74, 6) is 1.20. The van der Waals surface area contributed by atoms with Gasteiger partial charge in [-0.25, -0.2) is 13.4 Å². The highest BCUT2D eigenvalue weighted by molar-refractivity contribution is 7.91. The molecule has 0 saturated carbocycles. The van der Waals surface area contributed by atoms with E-state index in [4.69, 9.17) is 10.5 Å². The van der Waals surface area contributed by atoms with Gasteiger partial charge in [-0.3, -0.25) is 5.10 Å². The maximum Gasteiger partial charge on any atom is 0.176 e. The molecule has 1 saturated heterocycles. The Kier molecular flexibility index (Phi) is 3.84. The van der Waals surface area contributed by atoms with Crippen LogP contribution in [0.5, 0.6) is 0 Å². The van der Waals surface area contributed by atoms with Crippen LogP contribution in [0.15, 0.2) is 23.2 Å². The molecular formula is C15H19N7O3S. The van der Waals surface area contributed by atoms with Crippen LogP contribution in [0.3, 0.4) is 0 Å². The number of morpholine rings is 1. The van der Waals surface area contributed by atoms with Crippen LogP contribution < -0.4 is 10.6 Å². The van der Waals surface area contributed by atoms with Gasteiger partial charge in [0, 0.05) is 24.9 Å². The van der Waals surface area contributed by atoms with Crippen molar-refractivity contribution >= 4 is 32.5 Å². The van der Waals surface area contributed by atoms with E-state index in [2.05, 4.69) is 20.3 Å². The first kappa shape index (κ1) is 16.8. The summed E-state index contributed by atoms with van der Waals surface area (Å²) in [6.07, 6.45) is 2.73. The molecule has 1 aliphatic rings. The number of aromatic amines is 1. The van der Waals surface area contributed by atoms with Gasteiger partial charge in [0.05, 0.1) is 35.7 Å². The third-order valence-electron chi connectivity index (χ3n) is 4.39. The van der Waals surface area contributed by atoms with Crippen LogP contribution in [0.2, 0.25) is 0 Å². The first-order valence-corrected chi connectivity index (χ1v) is 9.99. The van der Waals surface area contributed by atoms with Crippen molar-refractivity contribution in [3.05, 3.63) is 18.3 Å². The molecule has 26 heavy (non-hydrogen) atoms. The summed E-state index contributed by atoms with van der Waals surface area (Å²) in [5, 5.41) is 11.3. The van der Waals surface area contributed by atoms with Crippen molar-refractivity contribution in [2.24, 2.45) is 0 Å². The Labute approximate surface area is 149 Å². The minimum Gasteiger partial charge on any atom is -0.382 e. The average Bonchev–Trinajstić information content (AvgIpc) is 3.22. The minimum atomic E-state index is -3.54. The van der Waals surface area contributed by atoms with Crippen LogP contribution in [0.1, 0.15) is 6.92 Å². The molecule has 1 aliphatic heterocycles. The van der Waals surface area contributed by atoms with Crippen molar-refractivity contribution in [3.63, 3.8) is 0 Å². The first-order valence-electron chi connectivity index (χ1n) is 8.09. The van der Waals surface area contributed by atoms with Crippen LogP contribution in [-0.4, -0.2) is 65.4 Å². The molecule has 0 radical (unpaired) electrons. The molecule has 0 amide bonds. The lowest BCUT2D eigenvalue weighted by Gasteiger charge is -2.34. The fourth-order valence-electron chi connectivity index (χ4n) is 3.14. The van der Waals surface area contributed by atoms with Crippen LogP contribution in [0, 0.1) is 0 Å². The number of H-pyrrole nitrogens is 1. The summed E-state index contributed by atoms with van der Waals surface area (Å²) < 4.78 is 31.8. The number of nitrogen functional groups attached to an aromatic ring is 1. The zero-order valence-electron chi connectivity index (χ0n) is 14.4. The molecule has 0 bridgehead atoms. The van der Waals surface area contributed by atoms with Gasteiger partial charge in [0.25, 0.3) is 0 Å². The molecule has 11 heteroatoms. The zero-order chi connectivity index (χ0) is 18.5. The van der Waals surface area contributed by atoms with Crippen LogP contribution in [0.4, 0.5) is 11.6 Å². The number of nitrogens with one attached hydrogen (secondary N) is 1. The lowest BCUT2D eigenvalue weighted by molar-refractivity contribution is 0.0985. The lowest BCUT2D eigenvalue weighted by atomic mass is 10.2. The lowest BCUT2D eigenvalue weighted by Crippen LogP contribution is -2.44. The number of anilines is 2. The van der Waals surface area contributed by atoms with Gasteiger partial charge in [-0.15, -0.1) is 5.10 Å². The highest BCUT2D eigenvalue weighted by Gasteiger charge is 2.27. The molecule has 10 nitrogen and oxygen atoms in total. The molecule has 4 heterocycles. The second-order valence-electron chi connectivity index (χ2n) is 6.31. The van der Waals surface area contributed by atoms with Gasteiger partial charge in [0.1, 0.15) is 5.82 Å². The number of fused-ring (bicyclic) bond motifs is 1. The number of nitrogens with two attached hydrogens (primary N) is 1. The maximum atomic E-state index is 12.4. The van der Waals surface area contributed by atoms with Gasteiger partial charge in [0.15, 0.2) is 27.1 Å². The summed E-state index contributed by atoms with van der Waals surface area (Å²) in [6, 6.07) is 3.34. The van der Waals surface area contributed by atoms with Crippen molar-refractivity contribution in [2.45, 2.75) is 17.9 Å². The zero-order valence-corrected chi connectivity index (χ0v) is 15.2. The molecule has 138 valence electrons. The number of sulfone groups is 1. The Morgan fingerprint density at radius 3 is 2.88 bits per heavy atom. The Bertz CT molecular complexity index is 1060. The average molecular weight is 377 g/mol. The van der Waals surface area contributed by atoms with Crippen molar-refractivity contribution in [1.82, 2.24) is 25.0 Å². The SMILES string of the molecule is CC1COCCN1c1cc(S(C)(=O)=O)c2c(N)nn(-c3ccn[nH]3)c2n1. The molecule has 1 fully saturated rings. The third kappa shape index (κ3) is 2.69. The molecular weight excluding hydrogens is 358 g/mol. The van der Waals surface area contributed by atoms with Gasteiger partial charge in [0.2, 0.25) is 0 Å². The number of ether oxygens (including phenoxy) is 1. The summed E-state index contributed by atoms with van der Waals surface area (Å²) in [7, 11) is -3.54. The number of rotatable bonds is 3. The van der Waals surface area contributed by atoms with Gasteiger partial charge >= 0.3 is 0 Å². The molecule has 3 aromatic heterocycles.